The van der Waals surface area contributed by atoms with E-state index in [1.54, 1.807) is 4.90 Å². The molecule has 1 N–H and O–H groups in total. The first-order chi connectivity index (χ1) is 16.3. The molecule has 0 unspecified atom stereocenters. The van der Waals surface area contributed by atoms with Gasteiger partial charge in [0.05, 0.1) is 0 Å². The summed E-state index contributed by atoms with van der Waals surface area (Å²) in [6.45, 7) is 6.75. The Morgan fingerprint density at radius 3 is 2.68 bits per heavy atom. The van der Waals surface area contributed by atoms with Gasteiger partial charge in [0.25, 0.3) is 0 Å². The fourth-order valence-electron chi connectivity index (χ4n) is 5.12. The van der Waals surface area contributed by atoms with Gasteiger partial charge in [0, 0.05) is 6.04 Å². The van der Waals surface area contributed by atoms with Crippen LogP contribution in [0.3, 0.4) is 0 Å². The number of carbonyl (C=O) groups is 2. The summed E-state index contributed by atoms with van der Waals surface area (Å²) in [5.41, 5.74) is -0.531. The van der Waals surface area contributed by atoms with Crippen molar-refractivity contribution in [1.82, 2.24) is 25.1 Å². The van der Waals surface area contributed by atoms with Gasteiger partial charge in [-0.1, -0.05) is 19.3 Å². The SMILES string of the molecule is CC(C)(C)OC(=O)N(CCCc1nnc([C@@H]2CC[C@@H]3CN2C(=O)N3OB=N)o1)C1CCCCC1. The van der Waals surface area contributed by atoms with Crippen LogP contribution in [0.25, 0.3) is 0 Å². The maximum absolute atomic E-state index is 12.9. The van der Waals surface area contributed by atoms with Crippen LogP contribution in [-0.2, 0) is 15.9 Å². The fourth-order valence-corrected chi connectivity index (χ4v) is 5.12. The van der Waals surface area contributed by atoms with Gasteiger partial charge < -0.3 is 4.74 Å². The van der Waals surface area contributed by atoms with Crippen molar-refractivity contribution in [3.05, 3.63) is 11.8 Å². The molecular weight excluding hydrogens is 439 g/mol. The fraction of sp³-hybridized carbons (Fsp3) is 0.818. The number of aromatic nitrogens is 2. The Kier molecular flexibility index (Phi) is 7.42. The van der Waals surface area contributed by atoms with E-state index in [4.69, 9.17) is 19.2 Å². The van der Waals surface area contributed by atoms with Gasteiger partial charge in [-0.05, 0) is 33.6 Å². The van der Waals surface area contributed by atoms with Gasteiger partial charge in [-0.15, -0.1) is 0 Å². The zero-order valence-corrected chi connectivity index (χ0v) is 20.4. The third kappa shape index (κ3) is 5.52. The van der Waals surface area contributed by atoms with Crippen molar-refractivity contribution in [2.45, 2.75) is 102 Å². The first-order valence-corrected chi connectivity index (χ1v) is 12.3. The van der Waals surface area contributed by atoms with E-state index in [2.05, 4.69) is 10.2 Å². The summed E-state index contributed by atoms with van der Waals surface area (Å²) in [5, 5.41) is 16.8. The van der Waals surface area contributed by atoms with Crippen molar-refractivity contribution in [2.75, 3.05) is 13.1 Å². The van der Waals surface area contributed by atoms with Crippen LogP contribution < -0.4 is 0 Å². The molecule has 34 heavy (non-hydrogen) atoms. The molecule has 1 saturated carbocycles. The summed E-state index contributed by atoms with van der Waals surface area (Å²) >= 11 is 0. The summed E-state index contributed by atoms with van der Waals surface area (Å²) < 4.78 is 16.7. The van der Waals surface area contributed by atoms with Crippen LogP contribution in [-0.4, -0.2) is 75.2 Å². The maximum Gasteiger partial charge on any atom is 0.0350 e. The van der Waals surface area contributed by atoms with Gasteiger partial charge >= 0.3 is 126 Å². The predicted molar refractivity (Wildman–Crippen MR) is 122 cm³/mol. The van der Waals surface area contributed by atoms with Crippen molar-refractivity contribution in [3.8, 4) is 0 Å². The maximum atomic E-state index is 12.9. The van der Waals surface area contributed by atoms with Crippen molar-refractivity contribution in [2.24, 2.45) is 0 Å². The number of nitrogens with zero attached hydrogens (tertiary/aromatic N) is 5. The standard InChI is InChI=1S/C22H35BN6O5/c1-22(2,3)33-21(31)27(15-8-5-4-6-9-15)13-7-10-18-25-26-19(32-18)17-12-11-16-14-28(17)20(30)29(16)34-23-24/h15-17,24H,4-14H2,1-3H3/t16-,17+/m1/s1. The molecule has 3 heterocycles. The van der Waals surface area contributed by atoms with Gasteiger partial charge in [0.2, 0.25) is 0 Å². The number of amides is 3. The molecule has 3 aliphatic rings. The number of hydrogen-bond acceptors (Lipinski definition) is 8. The number of nitrogens with one attached hydrogen (secondary N) is 1. The average molecular weight is 474 g/mol. The molecule has 186 valence electrons. The number of hydroxylamine groups is 2. The zero-order valence-electron chi connectivity index (χ0n) is 20.4. The Hall–Kier alpha value is -2.66. The molecule has 2 bridgehead atoms. The molecule has 0 radical (unpaired) electrons. The molecule has 0 aromatic carbocycles. The first kappa shape index (κ1) is 24.5. The predicted octanol–water partition coefficient (Wildman–Crippen LogP) is 3.83. The topological polar surface area (TPSA) is 125 Å². The van der Waals surface area contributed by atoms with Gasteiger partial charge in [0.1, 0.15) is 5.60 Å². The number of ether oxygens (including phenoxy) is 1. The number of piperidine rings is 1. The van der Waals surface area contributed by atoms with Crippen molar-refractivity contribution >= 4 is 19.4 Å². The molecule has 3 amide bonds. The Morgan fingerprint density at radius 2 is 1.97 bits per heavy atom. The van der Waals surface area contributed by atoms with Crippen LogP contribution in [0.1, 0.15) is 90.0 Å². The van der Waals surface area contributed by atoms with Crippen molar-refractivity contribution < 1.29 is 23.5 Å². The number of fused-ring (bicyclic) bond motifs is 2. The Bertz CT molecular complexity index is 883. The number of aryl methyl sites for hydroxylation is 1. The van der Waals surface area contributed by atoms with E-state index in [0.29, 0.717) is 44.1 Å². The quantitative estimate of drug-likeness (QED) is 0.568. The molecule has 4 rings (SSSR count). The summed E-state index contributed by atoms with van der Waals surface area (Å²) in [7, 11) is 0.771. The van der Waals surface area contributed by atoms with E-state index >= 15 is 0 Å². The van der Waals surface area contributed by atoms with Gasteiger partial charge in [0.15, 0.2) is 0 Å². The van der Waals surface area contributed by atoms with Gasteiger partial charge in [-0.3, -0.25) is 0 Å². The normalized spacial score (nSPS) is 23.1. The van der Waals surface area contributed by atoms with E-state index < -0.39 is 5.60 Å². The molecule has 1 aromatic heterocycles. The zero-order chi connectivity index (χ0) is 24.3. The summed E-state index contributed by atoms with van der Waals surface area (Å²) in [6, 6.07) is -0.420. The number of rotatable bonds is 8. The second-order valence-corrected chi connectivity index (χ2v) is 10.3. The minimum absolute atomic E-state index is 0.0635. The number of carbonyl (C=O) groups excluding carboxylic acids is 2. The Labute approximate surface area is 200 Å². The second kappa shape index (κ2) is 10.3. The van der Waals surface area contributed by atoms with Crippen LogP contribution in [0.5, 0.6) is 0 Å². The first-order valence-electron chi connectivity index (χ1n) is 12.3. The third-order valence-electron chi connectivity index (χ3n) is 6.69. The second-order valence-electron chi connectivity index (χ2n) is 10.3. The molecule has 12 heteroatoms. The Balaban J connectivity index is 1.35. The summed E-state index contributed by atoms with van der Waals surface area (Å²) in [5.74, 6) is 0.930. The smallest absolute Gasteiger partial charge is 0.0350 e. The molecular formula is C22H35BN6O5. The van der Waals surface area contributed by atoms with Crippen LogP contribution in [0.15, 0.2) is 4.42 Å². The molecule has 3 fully saturated rings. The van der Waals surface area contributed by atoms with Gasteiger partial charge in [-0.25, -0.2) is 4.79 Å². The summed E-state index contributed by atoms with van der Waals surface area (Å²) in [6.07, 6.45) is 7.92. The van der Waals surface area contributed by atoms with E-state index in [1.807, 2.05) is 25.7 Å². The molecule has 2 saturated heterocycles. The minimum atomic E-state index is -0.531. The Morgan fingerprint density at radius 1 is 1.21 bits per heavy atom. The average Bonchev–Trinajstić information content (AvgIpc) is 3.36. The van der Waals surface area contributed by atoms with E-state index in [0.717, 1.165) is 39.4 Å². The van der Waals surface area contributed by atoms with E-state index in [-0.39, 0.29) is 30.2 Å². The van der Waals surface area contributed by atoms with E-state index in [9.17, 15) is 9.59 Å². The molecule has 2 atom stereocenters. The number of hydrogen-bond donors (Lipinski definition) is 1. The van der Waals surface area contributed by atoms with Crippen LogP contribution in [0, 0.1) is 5.31 Å². The molecule has 1 aliphatic carbocycles. The number of urea groups is 1. The largest absolute Gasteiger partial charge is 0.0532 e. The minimum Gasteiger partial charge on any atom is -0.0532 e. The molecule has 2 aliphatic heterocycles. The molecule has 11 nitrogen and oxygen atoms in total. The van der Waals surface area contributed by atoms with Gasteiger partial charge in [-0.2, -0.15) is 0 Å². The third-order valence-corrected chi connectivity index (χ3v) is 6.69. The molecule has 1 aromatic rings. The van der Waals surface area contributed by atoms with E-state index in [1.165, 1.54) is 11.5 Å². The monoisotopic (exact) mass is 474 g/mol. The van der Waals surface area contributed by atoms with Crippen LogP contribution >= 0.6 is 0 Å². The van der Waals surface area contributed by atoms with Crippen LogP contribution in [0.4, 0.5) is 9.59 Å². The summed E-state index contributed by atoms with van der Waals surface area (Å²) in [4.78, 5) is 29.0. The van der Waals surface area contributed by atoms with Crippen molar-refractivity contribution in [3.63, 3.8) is 0 Å². The van der Waals surface area contributed by atoms with Crippen molar-refractivity contribution in [1.29, 1.82) is 5.31 Å². The molecule has 0 spiro atoms. The van der Waals surface area contributed by atoms with Crippen LogP contribution in [0.2, 0.25) is 0 Å².